The van der Waals surface area contributed by atoms with E-state index in [-0.39, 0.29) is 5.91 Å². The molecule has 0 aliphatic carbocycles. The smallest absolute Gasteiger partial charge is 0.260 e. The number of benzene rings is 1. The van der Waals surface area contributed by atoms with Crippen molar-refractivity contribution in [3.63, 3.8) is 0 Å². The summed E-state index contributed by atoms with van der Waals surface area (Å²) in [5.74, 6) is 0.597. The van der Waals surface area contributed by atoms with Gasteiger partial charge in [0.1, 0.15) is 0 Å². The van der Waals surface area contributed by atoms with Gasteiger partial charge in [0.25, 0.3) is 5.89 Å². The maximum Gasteiger partial charge on any atom is 0.260 e. The lowest BCUT2D eigenvalue weighted by atomic mass is 10.1. The Balaban J connectivity index is 2.40. The lowest BCUT2D eigenvalue weighted by Gasteiger charge is -2.20. The first-order chi connectivity index (χ1) is 10.3. The average molecular weight is 323 g/mol. The lowest BCUT2D eigenvalue weighted by Crippen LogP contribution is -2.40. The fourth-order valence-corrected chi connectivity index (χ4v) is 2.29. The van der Waals surface area contributed by atoms with Gasteiger partial charge in [0.2, 0.25) is 5.91 Å². The number of nitrogens with one attached hydrogen (secondary N) is 2. The Morgan fingerprint density at radius 1 is 1.41 bits per heavy atom. The van der Waals surface area contributed by atoms with Gasteiger partial charge in [0.05, 0.1) is 11.1 Å². The monoisotopic (exact) mass is 322 g/mol. The molecule has 0 atom stereocenters. The number of carbonyl (C=O) groups is 1. The normalized spacial score (nSPS) is 11.3. The first-order valence-electron chi connectivity index (χ1n) is 7.00. The van der Waals surface area contributed by atoms with Gasteiger partial charge in [-0.15, -0.1) is 0 Å². The van der Waals surface area contributed by atoms with E-state index in [1.165, 1.54) is 6.92 Å². The average Bonchev–Trinajstić information content (AvgIpc) is 2.90. The van der Waals surface area contributed by atoms with Crippen LogP contribution < -0.4 is 10.6 Å². The van der Waals surface area contributed by atoms with E-state index in [1.807, 2.05) is 26.8 Å². The molecule has 1 amide bonds. The molecule has 118 valence electrons. The van der Waals surface area contributed by atoms with Crippen LogP contribution in [0.15, 0.2) is 22.7 Å². The summed E-state index contributed by atoms with van der Waals surface area (Å²) in [6.07, 6.45) is 0. The third-order valence-electron chi connectivity index (χ3n) is 3.05. The van der Waals surface area contributed by atoms with Crippen molar-refractivity contribution in [2.45, 2.75) is 33.2 Å². The van der Waals surface area contributed by atoms with E-state index >= 15 is 0 Å². The largest absolute Gasteiger partial charge is 0.385 e. The number of carbonyl (C=O) groups excluding carboxylic acids is 1. The maximum atomic E-state index is 11.3. The van der Waals surface area contributed by atoms with Gasteiger partial charge in [-0.2, -0.15) is 4.98 Å². The molecular weight excluding hydrogens is 304 g/mol. The van der Waals surface area contributed by atoms with Crippen LogP contribution in [0.25, 0.3) is 11.5 Å². The number of anilines is 1. The Labute approximate surface area is 134 Å². The van der Waals surface area contributed by atoms with E-state index < -0.39 is 5.54 Å². The number of hydrogen-bond donors (Lipinski definition) is 2. The molecule has 2 aromatic rings. The molecule has 0 fully saturated rings. The van der Waals surface area contributed by atoms with Crippen LogP contribution in [0, 0.1) is 0 Å². The van der Waals surface area contributed by atoms with Crippen molar-refractivity contribution >= 4 is 23.2 Å². The molecule has 0 aliphatic rings. The highest BCUT2D eigenvalue weighted by Gasteiger charge is 2.28. The second-order valence-electron chi connectivity index (χ2n) is 5.45. The quantitative estimate of drug-likeness (QED) is 0.883. The number of hydrogen-bond acceptors (Lipinski definition) is 5. The zero-order valence-electron chi connectivity index (χ0n) is 13.0. The van der Waals surface area contributed by atoms with Crippen LogP contribution in [0.3, 0.4) is 0 Å². The second kappa shape index (κ2) is 6.36. The van der Waals surface area contributed by atoms with Crippen LogP contribution in [0.2, 0.25) is 5.02 Å². The molecule has 1 aromatic carbocycles. The molecule has 0 bridgehead atoms. The predicted octanol–water partition coefficient (Wildman–Crippen LogP) is 3.19. The topological polar surface area (TPSA) is 80.0 Å². The first kappa shape index (κ1) is 16.3. The molecule has 0 saturated carbocycles. The summed E-state index contributed by atoms with van der Waals surface area (Å²) < 4.78 is 5.35. The van der Waals surface area contributed by atoms with Crippen LogP contribution in [0.5, 0.6) is 0 Å². The summed E-state index contributed by atoms with van der Waals surface area (Å²) in [5.41, 5.74) is 0.871. The summed E-state index contributed by atoms with van der Waals surface area (Å²) in [4.78, 5) is 15.7. The minimum absolute atomic E-state index is 0.160. The van der Waals surface area contributed by atoms with Gasteiger partial charge in [-0.3, -0.25) is 4.79 Å². The van der Waals surface area contributed by atoms with Gasteiger partial charge < -0.3 is 15.2 Å². The Kier molecular flexibility index (Phi) is 4.71. The number of halogens is 1. The third-order valence-corrected chi connectivity index (χ3v) is 3.29. The van der Waals surface area contributed by atoms with Gasteiger partial charge >= 0.3 is 0 Å². The highest BCUT2D eigenvalue weighted by molar-refractivity contribution is 6.31. The molecular formula is C15H19ClN4O2. The van der Waals surface area contributed by atoms with E-state index in [0.29, 0.717) is 16.7 Å². The SMILES string of the molecule is CCNc1ccc(Cl)cc1-c1nc(C(C)(C)NC(C)=O)no1. The number of aromatic nitrogens is 2. The van der Waals surface area contributed by atoms with Crippen LogP contribution in [-0.2, 0) is 10.3 Å². The molecule has 0 saturated heterocycles. The van der Waals surface area contributed by atoms with Crippen LogP contribution in [-0.4, -0.2) is 22.6 Å². The number of rotatable bonds is 5. The zero-order chi connectivity index (χ0) is 16.3. The van der Waals surface area contributed by atoms with Crippen molar-refractivity contribution in [1.29, 1.82) is 0 Å². The van der Waals surface area contributed by atoms with E-state index in [0.717, 1.165) is 17.8 Å². The fraction of sp³-hybridized carbons (Fsp3) is 0.400. The minimum atomic E-state index is -0.718. The minimum Gasteiger partial charge on any atom is -0.385 e. The van der Waals surface area contributed by atoms with E-state index in [4.69, 9.17) is 16.1 Å². The summed E-state index contributed by atoms with van der Waals surface area (Å²) in [7, 11) is 0. The number of amides is 1. The van der Waals surface area contributed by atoms with E-state index in [9.17, 15) is 4.79 Å². The third kappa shape index (κ3) is 3.57. The van der Waals surface area contributed by atoms with Gasteiger partial charge in [-0.1, -0.05) is 16.8 Å². The van der Waals surface area contributed by atoms with Gasteiger partial charge in [0, 0.05) is 24.2 Å². The van der Waals surface area contributed by atoms with Crippen molar-refractivity contribution in [3.8, 4) is 11.5 Å². The number of nitrogens with zero attached hydrogens (tertiary/aromatic N) is 2. The predicted molar refractivity (Wildman–Crippen MR) is 85.8 cm³/mol. The fourth-order valence-electron chi connectivity index (χ4n) is 2.12. The molecule has 2 N–H and O–H groups in total. The molecule has 0 radical (unpaired) electrons. The van der Waals surface area contributed by atoms with Gasteiger partial charge in [0.15, 0.2) is 5.82 Å². The Morgan fingerprint density at radius 2 is 2.14 bits per heavy atom. The molecule has 6 nitrogen and oxygen atoms in total. The maximum absolute atomic E-state index is 11.3. The van der Waals surface area contributed by atoms with Crippen LogP contribution in [0.1, 0.15) is 33.5 Å². The molecule has 0 unspecified atom stereocenters. The van der Waals surface area contributed by atoms with Crippen molar-refractivity contribution in [1.82, 2.24) is 15.5 Å². The molecule has 1 heterocycles. The molecule has 2 rings (SSSR count). The highest BCUT2D eigenvalue weighted by atomic mass is 35.5. The van der Waals surface area contributed by atoms with Gasteiger partial charge in [-0.25, -0.2) is 0 Å². The van der Waals surface area contributed by atoms with Crippen LogP contribution >= 0.6 is 11.6 Å². The lowest BCUT2D eigenvalue weighted by molar-refractivity contribution is -0.120. The Hall–Kier alpha value is -2.08. The summed E-state index contributed by atoms with van der Waals surface area (Å²) in [5, 5.41) is 10.6. The van der Waals surface area contributed by atoms with Crippen molar-refractivity contribution in [3.05, 3.63) is 29.0 Å². The standard InChI is InChI=1S/C15H19ClN4O2/c1-5-17-12-7-6-10(16)8-11(12)13-18-14(20-22-13)15(3,4)19-9(2)21/h6-8,17H,5H2,1-4H3,(H,19,21). The summed E-state index contributed by atoms with van der Waals surface area (Å²) in [6, 6.07) is 5.42. The molecule has 7 heteroatoms. The summed E-state index contributed by atoms with van der Waals surface area (Å²) >= 11 is 6.06. The van der Waals surface area contributed by atoms with Gasteiger partial charge in [-0.05, 0) is 39.0 Å². The molecule has 1 aromatic heterocycles. The first-order valence-corrected chi connectivity index (χ1v) is 7.38. The zero-order valence-corrected chi connectivity index (χ0v) is 13.8. The van der Waals surface area contributed by atoms with Crippen molar-refractivity contribution < 1.29 is 9.32 Å². The highest BCUT2D eigenvalue weighted by Crippen LogP contribution is 2.31. The molecule has 0 aliphatic heterocycles. The second-order valence-corrected chi connectivity index (χ2v) is 5.89. The van der Waals surface area contributed by atoms with E-state index in [1.54, 1.807) is 12.1 Å². The Bertz CT molecular complexity index is 682. The van der Waals surface area contributed by atoms with Crippen molar-refractivity contribution in [2.75, 3.05) is 11.9 Å². The Morgan fingerprint density at radius 3 is 2.77 bits per heavy atom. The van der Waals surface area contributed by atoms with Crippen LogP contribution in [0.4, 0.5) is 5.69 Å². The van der Waals surface area contributed by atoms with Crippen molar-refractivity contribution in [2.24, 2.45) is 0 Å². The molecule has 22 heavy (non-hydrogen) atoms. The van der Waals surface area contributed by atoms with E-state index in [2.05, 4.69) is 20.8 Å². The molecule has 0 spiro atoms. The summed E-state index contributed by atoms with van der Waals surface area (Å²) in [6.45, 7) is 7.83.